The Bertz CT molecular complexity index is 495. The molecule has 1 aromatic rings. The minimum absolute atomic E-state index is 0.270. The first kappa shape index (κ1) is 13.3. The zero-order valence-electron chi connectivity index (χ0n) is 9.92. The predicted octanol–water partition coefficient (Wildman–Crippen LogP) is 3.90. The summed E-state index contributed by atoms with van der Waals surface area (Å²) < 4.78 is 7.30. The first-order valence-electron chi connectivity index (χ1n) is 5.36. The van der Waals surface area contributed by atoms with Crippen LogP contribution in [0, 0.1) is 13.8 Å². The van der Waals surface area contributed by atoms with Crippen molar-refractivity contribution in [1.82, 2.24) is 0 Å². The lowest BCUT2D eigenvalue weighted by Crippen LogP contribution is -2.23. The Hall–Kier alpha value is -0.160. The molecule has 0 spiro atoms. The van der Waals surface area contributed by atoms with E-state index >= 15 is 0 Å². The first-order valence-corrected chi connectivity index (χ1v) is 6.94. The van der Waals surface area contributed by atoms with Gasteiger partial charge in [0, 0.05) is 16.1 Å². The normalized spacial score (nSPS) is 22.7. The topological polar surface area (TPSA) is 29.5 Å². The molecule has 1 aliphatic rings. The van der Waals surface area contributed by atoms with Crippen molar-refractivity contribution in [3.63, 3.8) is 0 Å². The van der Waals surface area contributed by atoms with Gasteiger partial charge >= 0.3 is 0 Å². The van der Waals surface area contributed by atoms with E-state index in [0.29, 0.717) is 0 Å². The monoisotopic (exact) mass is 360 g/mol. The van der Waals surface area contributed by atoms with Gasteiger partial charge in [0.25, 0.3) is 0 Å². The van der Waals surface area contributed by atoms with E-state index in [1.807, 2.05) is 26.0 Å². The van der Waals surface area contributed by atoms with Crippen LogP contribution in [0.15, 0.2) is 15.0 Å². The zero-order valence-corrected chi connectivity index (χ0v) is 13.1. The molecule has 0 radical (unpaired) electrons. The SMILES string of the molecule is CO[C@H]1C=Cc2c(C)c(Br)c(Br)c(C)c2[C@@H]1O. The molecule has 0 fully saturated rings. The number of hydrogen-bond acceptors (Lipinski definition) is 2. The average molecular weight is 362 g/mol. The van der Waals surface area contributed by atoms with Gasteiger partial charge in [-0.25, -0.2) is 0 Å². The molecule has 2 atom stereocenters. The standard InChI is InChI=1S/C13H14Br2O2/c1-6-8-4-5-9(17-3)13(16)10(8)7(2)12(15)11(6)14/h4-5,9,13,16H,1-3H3/t9-,13+/m0/s1. The van der Waals surface area contributed by atoms with Gasteiger partial charge in [0.05, 0.1) is 0 Å². The number of fused-ring (bicyclic) bond motifs is 1. The van der Waals surface area contributed by atoms with Gasteiger partial charge in [-0.15, -0.1) is 0 Å². The number of ether oxygens (including phenoxy) is 1. The van der Waals surface area contributed by atoms with Crippen LogP contribution in [0.1, 0.15) is 28.4 Å². The molecule has 1 aliphatic carbocycles. The molecule has 2 nitrogen and oxygen atoms in total. The van der Waals surface area contributed by atoms with E-state index in [2.05, 4.69) is 31.9 Å². The van der Waals surface area contributed by atoms with Crippen molar-refractivity contribution in [2.24, 2.45) is 0 Å². The molecule has 17 heavy (non-hydrogen) atoms. The molecule has 0 bridgehead atoms. The van der Waals surface area contributed by atoms with Crippen LogP contribution in [0.3, 0.4) is 0 Å². The van der Waals surface area contributed by atoms with Crippen LogP contribution in [0.2, 0.25) is 0 Å². The van der Waals surface area contributed by atoms with Crippen molar-refractivity contribution < 1.29 is 9.84 Å². The van der Waals surface area contributed by atoms with Crippen molar-refractivity contribution in [3.8, 4) is 0 Å². The molecule has 0 saturated carbocycles. The van der Waals surface area contributed by atoms with Gasteiger partial charge in [0.15, 0.2) is 0 Å². The van der Waals surface area contributed by atoms with E-state index in [4.69, 9.17) is 4.74 Å². The summed E-state index contributed by atoms with van der Waals surface area (Å²) in [4.78, 5) is 0. The van der Waals surface area contributed by atoms with Crippen molar-refractivity contribution in [1.29, 1.82) is 0 Å². The van der Waals surface area contributed by atoms with E-state index in [9.17, 15) is 5.11 Å². The summed E-state index contributed by atoms with van der Waals surface area (Å²) in [5.41, 5.74) is 4.21. The van der Waals surface area contributed by atoms with E-state index in [1.165, 1.54) is 0 Å². The van der Waals surface area contributed by atoms with Crippen LogP contribution < -0.4 is 0 Å². The Balaban J connectivity index is 2.72. The molecule has 0 aromatic heterocycles. The molecule has 0 amide bonds. The van der Waals surface area contributed by atoms with Gasteiger partial charge in [-0.1, -0.05) is 12.2 Å². The summed E-state index contributed by atoms with van der Waals surface area (Å²) in [6.45, 7) is 4.04. The Morgan fingerprint density at radius 2 is 1.76 bits per heavy atom. The number of aliphatic hydroxyl groups excluding tert-OH is 1. The minimum atomic E-state index is -0.608. The predicted molar refractivity (Wildman–Crippen MR) is 76.1 cm³/mol. The third kappa shape index (κ3) is 2.01. The van der Waals surface area contributed by atoms with Crippen LogP contribution in [0.4, 0.5) is 0 Å². The van der Waals surface area contributed by atoms with E-state index in [1.54, 1.807) is 7.11 Å². The molecule has 0 heterocycles. The van der Waals surface area contributed by atoms with Crippen LogP contribution >= 0.6 is 31.9 Å². The molecule has 4 heteroatoms. The molecule has 0 unspecified atom stereocenters. The quantitative estimate of drug-likeness (QED) is 0.821. The highest BCUT2D eigenvalue weighted by molar-refractivity contribution is 9.13. The van der Waals surface area contributed by atoms with Crippen LogP contribution in [-0.4, -0.2) is 18.3 Å². The number of rotatable bonds is 1. The summed E-state index contributed by atoms with van der Waals surface area (Å²) in [7, 11) is 1.61. The van der Waals surface area contributed by atoms with Gasteiger partial charge in [0.2, 0.25) is 0 Å². The maximum atomic E-state index is 10.3. The third-order valence-electron chi connectivity index (χ3n) is 3.28. The second kappa shape index (κ2) is 4.84. The largest absolute Gasteiger partial charge is 0.385 e. The van der Waals surface area contributed by atoms with Crippen molar-refractivity contribution >= 4 is 37.9 Å². The number of methoxy groups -OCH3 is 1. The molecule has 0 saturated heterocycles. The summed E-state index contributed by atoms with van der Waals surface area (Å²) in [6, 6.07) is 0. The van der Waals surface area contributed by atoms with Gasteiger partial charge in [-0.2, -0.15) is 0 Å². The lowest BCUT2D eigenvalue weighted by atomic mass is 9.87. The minimum Gasteiger partial charge on any atom is -0.385 e. The number of halogens is 2. The Morgan fingerprint density at radius 3 is 2.35 bits per heavy atom. The van der Waals surface area contributed by atoms with Crippen molar-refractivity contribution in [3.05, 3.63) is 37.3 Å². The fourth-order valence-electron chi connectivity index (χ4n) is 2.23. The van der Waals surface area contributed by atoms with Gasteiger partial charge in [-0.3, -0.25) is 0 Å². The Labute approximate surface area is 118 Å². The Kier molecular flexibility index (Phi) is 3.78. The molecular formula is C13H14Br2O2. The molecule has 1 aromatic carbocycles. The van der Waals surface area contributed by atoms with Gasteiger partial charge < -0.3 is 9.84 Å². The van der Waals surface area contributed by atoms with Gasteiger partial charge in [0.1, 0.15) is 12.2 Å². The second-order valence-corrected chi connectivity index (χ2v) is 5.80. The molecule has 0 aliphatic heterocycles. The maximum Gasteiger partial charge on any atom is 0.110 e. The first-order chi connectivity index (χ1) is 7.99. The summed E-state index contributed by atoms with van der Waals surface area (Å²) >= 11 is 7.12. The highest BCUT2D eigenvalue weighted by Gasteiger charge is 2.28. The van der Waals surface area contributed by atoms with Crippen LogP contribution in [0.25, 0.3) is 6.08 Å². The number of aliphatic hydroxyl groups is 1. The third-order valence-corrected chi connectivity index (χ3v) is 5.80. The highest BCUT2D eigenvalue weighted by atomic mass is 79.9. The number of benzene rings is 1. The van der Waals surface area contributed by atoms with E-state index < -0.39 is 6.10 Å². The summed E-state index contributed by atoms with van der Waals surface area (Å²) in [5.74, 6) is 0. The maximum absolute atomic E-state index is 10.3. The Morgan fingerprint density at radius 1 is 1.18 bits per heavy atom. The van der Waals surface area contributed by atoms with E-state index in [-0.39, 0.29) is 6.10 Å². The smallest absolute Gasteiger partial charge is 0.110 e. The number of hydrogen-bond donors (Lipinski definition) is 1. The summed E-state index contributed by atoms with van der Waals surface area (Å²) in [6.07, 6.45) is 3.05. The van der Waals surface area contributed by atoms with Crippen LogP contribution in [0.5, 0.6) is 0 Å². The lowest BCUT2D eigenvalue weighted by molar-refractivity contribution is 0.0146. The fraction of sp³-hybridized carbons (Fsp3) is 0.385. The van der Waals surface area contributed by atoms with E-state index in [0.717, 1.165) is 31.2 Å². The van der Waals surface area contributed by atoms with Crippen molar-refractivity contribution in [2.75, 3.05) is 7.11 Å². The van der Waals surface area contributed by atoms with Gasteiger partial charge in [-0.05, 0) is 68.0 Å². The van der Waals surface area contributed by atoms with Crippen LogP contribution in [-0.2, 0) is 4.74 Å². The van der Waals surface area contributed by atoms with Crippen molar-refractivity contribution in [2.45, 2.75) is 26.1 Å². The second-order valence-electron chi connectivity index (χ2n) is 4.21. The summed E-state index contributed by atoms with van der Waals surface area (Å²) in [5, 5.41) is 10.3. The highest BCUT2D eigenvalue weighted by Crippen LogP contribution is 2.41. The molecule has 1 N–H and O–H groups in total. The fourth-order valence-corrected chi connectivity index (χ4v) is 3.26. The zero-order chi connectivity index (χ0) is 12.7. The average Bonchev–Trinajstić information content (AvgIpc) is 2.33. The lowest BCUT2D eigenvalue weighted by Gasteiger charge is -2.28. The molecular weight excluding hydrogens is 348 g/mol. The molecule has 92 valence electrons. The molecule has 2 rings (SSSR count).